The third kappa shape index (κ3) is 8.83. The molecule has 10 heteroatoms. The van der Waals surface area contributed by atoms with Gasteiger partial charge in [-0.15, -0.1) is 0 Å². The average Bonchev–Trinajstić information content (AvgIpc) is 2.81. The molecule has 2 atom stereocenters. The second-order valence-electron chi connectivity index (χ2n) is 8.54. The van der Waals surface area contributed by atoms with E-state index in [1.807, 2.05) is 6.07 Å². The predicted molar refractivity (Wildman–Crippen MR) is 130 cm³/mol. The number of benzene rings is 2. The maximum absolute atomic E-state index is 13.5. The second-order valence-corrected chi connectivity index (χ2v) is 8.54. The Hall–Kier alpha value is -4.26. The van der Waals surface area contributed by atoms with Crippen LogP contribution in [0.25, 0.3) is 0 Å². The largest absolute Gasteiger partial charge is 0.377 e. The van der Waals surface area contributed by atoms with E-state index >= 15 is 0 Å². The second kappa shape index (κ2) is 12.4. The van der Waals surface area contributed by atoms with Gasteiger partial charge in [-0.3, -0.25) is 14.4 Å². The number of carbonyl (C=O) groups excluding carboxylic acids is 3. The normalized spacial score (nSPS) is 12.6. The summed E-state index contributed by atoms with van der Waals surface area (Å²) in [5.41, 5.74) is 12.5. The van der Waals surface area contributed by atoms with Crippen LogP contribution < -0.4 is 22.1 Å². The molecule has 0 saturated heterocycles. The lowest BCUT2D eigenvalue weighted by Gasteiger charge is -2.24. The van der Waals surface area contributed by atoms with Crippen LogP contribution in [0.2, 0.25) is 0 Å². The Morgan fingerprint density at radius 2 is 1.64 bits per heavy atom. The molecule has 0 aliphatic rings. The van der Waals surface area contributed by atoms with Gasteiger partial charge in [0, 0.05) is 37.4 Å². The minimum absolute atomic E-state index is 0.00407. The van der Waals surface area contributed by atoms with E-state index in [0.717, 1.165) is 6.92 Å². The summed E-state index contributed by atoms with van der Waals surface area (Å²) in [6.45, 7) is 4.61. The Morgan fingerprint density at radius 1 is 1.00 bits per heavy atom. The van der Waals surface area contributed by atoms with Crippen molar-refractivity contribution in [3.8, 4) is 6.07 Å². The Bertz CT molecular complexity index is 1150. The molecule has 190 valence electrons. The smallest absolute Gasteiger partial charge is 0.270 e. The van der Waals surface area contributed by atoms with E-state index in [0.29, 0.717) is 22.4 Å². The minimum atomic E-state index is -3.01. The quantitative estimate of drug-likeness (QED) is 0.334. The van der Waals surface area contributed by atoms with Gasteiger partial charge in [-0.1, -0.05) is 43.0 Å². The van der Waals surface area contributed by atoms with Crippen LogP contribution in [0.3, 0.4) is 0 Å². The highest BCUT2D eigenvalue weighted by Crippen LogP contribution is 2.27. The van der Waals surface area contributed by atoms with Crippen LogP contribution in [0, 0.1) is 11.3 Å². The van der Waals surface area contributed by atoms with Gasteiger partial charge in [0.15, 0.2) is 0 Å². The predicted octanol–water partition coefficient (Wildman–Crippen LogP) is 2.16. The molecule has 0 aliphatic heterocycles. The first-order valence-electron chi connectivity index (χ1n) is 11.2. The van der Waals surface area contributed by atoms with Crippen molar-refractivity contribution < 1.29 is 23.2 Å². The number of alkyl halides is 2. The molecule has 0 radical (unpaired) electrons. The van der Waals surface area contributed by atoms with Crippen molar-refractivity contribution in [2.45, 2.75) is 50.6 Å². The highest BCUT2D eigenvalue weighted by Gasteiger charge is 2.27. The van der Waals surface area contributed by atoms with Crippen molar-refractivity contribution in [1.29, 1.82) is 5.26 Å². The van der Waals surface area contributed by atoms with Crippen molar-refractivity contribution in [3.05, 3.63) is 83.1 Å². The maximum atomic E-state index is 13.5. The number of allylic oxidation sites excluding steroid dienone is 1. The molecule has 0 aromatic heterocycles. The van der Waals surface area contributed by atoms with Crippen LogP contribution in [0.1, 0.15) is 42.0 Å². The Kier molecular flexibility index (Phi) is 9.67. The van der Waals surface area contributed by atoms with E-state index in [9.17, 15) is 23.2 Å². The SMILES string of the molecule is C=C(CCC(N)=O)N[C@H](Cc1cccc(C#N)c1)C(=O)N[C@@H](Cc1ccc(C(C)(F)F)cc1)C(N)=O. The minimum Gasteiger partial charge on any atom is -0.377 e. The molecule has 0 fully saturated rings. The molecule has 0 bridgehead atoms. The van der Waals surface area contributed by atoms with Gasteiger partial charge in [-0.25, -0.2) is 8.78 Å². The zero-order valence-electron chi connectivity index (χ0n) is 19.9. The lowest BCUT2D eigenvalue weighted by Crippen LogP contribution is -2.53. The summed E-state index contributed by atoms with van der Waals surface area (Å²) < 4.78 is 27.0. The van der Waals surface area contributed by atoms with Gasteiger partial charge in [0.25, 0.3) is 5.92 Å². The van der Waals surface area contributed by atoms with Crippen LogP contribution in [-0.4, -0.2) is 29.8 Å². The summed E-state index contributed by atoms with van der Waals surface area (Å²) in [5, 5.41) is 14.7. The van der Waals surface area contributed by atoms with E-state index in [1.54, 1.807) is 24.3 Å². The molecule has 0 aliphatic carbocycles. The standard InChI is InChI=1S/C26H29F2N5O3/c1-16(6-11-23(30)34)32-22(14-18-4-3-5-19(12-18)15-29)25(36)33-21(24(31)35)13-17-7-9-20(10-8-17)26(2,27)28/h3-5,7-10,12,21-22,32H,1,6,11,13-14H2,2H3,(H2,30,34)(H2,31,35)(H,33,36)/t21-,22+/m0/s1. The molecule has 2 aromatic carbocycles. The first-order valence-corrected chi connectivity index (χ1v) is 11.2. The average molecular weight is 498 g/mol. The Labute approximate surface area is 208 Å². The van der Waals surface area contributed by atoms with Crippen molar-refractivity contribution in [3.63, 3.8) is 0 Å². The van der Waals surface area contributed by atoms with Crippen LogP contribution in [0.5, 0.6) is 0 Å². The molecule has 8 nitrogen and oxygen atoms in total. The number of hydrogen-bond acceptors (Lipinski definition) is 5. The molecule has 0 heterocycles. The number of halogens is 2. The number of nitrogens with two attached hydrogens (primary N) is 2. The number of rotatable bonds is 13. The number of primary amides is 2. The number of nitrogens with one attached hydrogen (secondary N) is 2. The number of amides is 3. The molecule has 36 heavy (non-hydrogen) atoms. The lowest BCUT2D eigenvalue weighted by molar-refractivity contribution is -0.128. The fraction of sp³-hybridized carbons (Fsp3) is 0.308. The Morgan fingerprint density at radius 3 is 2.19 bits per heavy atom. The first-order chi connectivity index (χ1) is 16.9. The van der Waals surface area contributed by atoms with E-state index < -0.39 is 35.7 Å². The Balaban J connectivity index is 2.20. The number of hydrogen-bond donors (Lipinski definition) is 4. The van der Waals surface area contributed by atoms with Gasteiger partial charge in [-0.2, -0.15) is 5.26 Å². The van der Waals surface area contributed by atoms with E-state index in [4.69, 9.17) is 16.7 Å². The third-order valence-electron chi connectivity index (χ3n) is 5.42. The van der Waals surface area contributed by atoms with Crippen molar-refractivity contribution >= 4 is 17.7 Å². The summed E-state index contributed by atoms with van der Waals surface area (Å²) in [7, 11) is 0. The first kappa shape index (κ1) is 28.0. The van der Waals surface area contributed by atoms with E-state index in [2.05, 4.69) is 17.2 Å². The summed E-state index contributed by atoms with van der Waals surface area (Å²) in [4.78, 5) is 36.4. The van der Waals surface area contributed by atoms with Crippen molar-refractivity contribution in [2.75, 3.05) is 0 Å². The topological polar surface area (TPSA) is 151 Å². The molecule has 0 spiro atoms. The van der Waals surface area contributed by atoms with E-state index in [1.165, 1.54) is 24.3 Å². The highest BCUT2D eigenvalue weighted by atomic mass is 19.3. The van der Waals surface area contributed by atoms with Crippen molar-refractivity contribution in [2.24, 2.45) is 11.5 Å². The molecule has 2 rings (SSSR count). The van der Waals surface area contributed by atoms with Gasteiger partial charge in [0.1, 0.15) is 12.1 Å². The maximum Gasteiger partial charge on any atom is 0.270 e. The molecular formula is C26H29F2N5O3. The van der Waals surface area contributed by atoms with Gasteiger partial charge in [0.05, 0.1) is 11.6 Å². The summed E-state index contributed by atoms with van der Waals surface area (Å²) in [6, 6.07) is 12.1. The molecule has 6 N–H and O–H groups in total. The third-order valence-corrected chi connectivity index (χ3v) is 5.42. The van der Waals surface area contributed by atoms with Crippen LogP contribution in [0.15, 0.2) is 60.8 Å². The van der Waals surface area contributed by atoms with Gasteiger partial charge in [0.2, 0.25) is 17.7 Å². The monoisotopic (exact) mass is 497 g/mol. The van der Waals surface area contributed by atoms with Gasteiger partial charge in [-0.05, 0) is 29.7 Å². The highest BCUT2D eigenvalue weighted by molar-refractivity contribution is 5.89. The van der Waals surface area contributed by atoms with Crippen LogP contribution in [-0.2, 0) is 33.1 Å². The molecule has 0 saturated carbocycles. The summed E-state index contributed by atoms with van der Waals surface area (Å²) >= 11 is 0. The van der Waals surface area contributed by atoms with Gasteiger partial charge < -0.3 is 22.1 Å². The van der Waals surface area contributed by atoms with Crippen LogP contribution in [0.4, 0.5) is 8.78 Å². The lowest BCUT2D eigenvalue weighted by atomic mass is 10.00. The fourth-order valence-electron chi connectivity index (χ4n) is 3.47. The molecular weight excluding hydrogens is 468 g/mol. The van der Waals surface area contributed by atoms with Crippen LogP contribution >= 0.6 is 0 Å². The molecule has 2 aromatic rings. The molecule has 3 amide bonds. The number of nitriles is 1. The fourth-order valence-corrected chi connectivity index (χ4v) is 3.47. The number of nitrogens with zero attached hydrogens (tertiary/aromatic N) is 1. The van der Waals surface area contributed by atoms with Crippen molar-refractivity contribution in [1.82, 2.24) is 10.6 Å². The summed E-state index contributed by atoms with van der Waals surface area (Å²) in [5.74, 6) is -4.90. The van der Waals surface area contributed by atoms with Gasteiger partial charge >= 0.3 is 0 Å². The zero-order valence-corrected chi connectivity index (χ0v) is 19.9. The zero-order chi connectivity index (χ0) is 26.9. The number of carbonyl (C=O) groups is 3. The summed E-state index contributed by atoms with van der Waals surface area (Å²) in [6.07, 6.45) is 0.365. The van der Waals surface area contributed by atoms with E-state index in [-0.39, 0.29) is 31.2 Å². The molecule has 0 unspecified atom stereocenters.